The third-order valence-corrected chi connectivity index (χ3v) is 3.69. The Morgan fingerprint density at radius 3 is 2.59 bits per heavy atom. The summed E-state index contributed by atoms with van der Waals surface area (Å²) in [6.07, 6.45) is 0.915. The summed E-state index contributed by atoms with van der Waals surface area (Å²) in [7, 11) is 0. The normalized spacial score (nSPS) is 12.0. The number of aliphatic hydroxyl groups excluding tert-OH is 1. The van der Waals surface area contributed by atoms with Crippen LogP contribution in [0.3, 0.4) is 0 Å². The molecule has 0 aliphatic heterocycles. The molecule has 116 valence electrons. The van der Waals surface area contributed by atoms with E-state index in [0.29, 0.717) is 17.2 Å². The second-order valence-electron chi connectivity index (χ2n) is 5.14. The Labute approximate surface area is 135 Å². The van der Waals surface area contributed by atoms with E-state index in [4.69, 9.17) is 16.3 Å². The first-order valence-electron chi connectivity index (χ1n) is 7.26. The van der Waals surface area contributed by atoms with Gasteiger partial charge in [0.05, 0.1) is 18.3 Å². The molecule has 0 aliphatic carbocycles. The fourth-order valence-electron chi connectivity index (χ4n) is 2.16. The van der Waals surface area contributed by atoms with E-state index in [0.717, 1.165) is 24.0 Å². The molecule has 0 fully saturated rings. The zero-order valence-corrected chi connectivity index (χ0v) is 13.2. The summed E-state index contributed by atoms with van der Waals surface area (Å²) in [6, 6.07) is 14.6. The Bertz CT molecular complexity index is 623. The molecule has 1 N–H and O–H groups in total. The van der Waals surface area contributed by atoms with Gasteiger partial charge in [0, 0.05) is 5.02 Å². The van der Waals surface area contributed by atoms with E-state index in [-0.39, 0.29) is 5.97 Å². The molecule has 2 aromatic carbocycles. The molecule has 0 heterocycles. The number of hydrogen-bond donors (Lipinski definition) is 1. The zero-order chi connectivity index (χ0) is 15.9. The van der Waals surface area contributed by atoms with Crippen molar-refractivity contribution in [3.63, 3.8) is 0 Å². The van der Waals surface area contributed by atoms with Crippen molar-refractivity contribution in [1.82, 2.24) is 0 Å². The minimum absolute atomic E-state index is 0.303. The molecule has 0 aliphatic rings. The highest BCUT2D eigenvalue weighted by Crippen LogP contribution is 2.24. The van der Waals surface area contributed by atoms with Crippen LogP contribution in [0.5, 0.6) is 0 Å². The number of esters is 1. The molecule has 4 heteroatoms. The summed E-state index contributed by atoms with van der Waals surface area (Å²) >= 11 is 6.12. The van der Waals surface area contributed by atoms with Crippen LogP contribution in [0, 0.1) is 0 Å². The van der Waals surface area contributed by atoms with Gasteiger partial charge in [0.2, 0.25) is 0 Å². The van der Waals surface area contributed by atoms with Crippen LogP contribution in [0.15, 0.2) is 48.5 Å². The van der Waals surface area contributed by atoms with Crippen molar-refractivity contribution in [2.75, 3.05) is 6.61 Å². The first kappa shape index (κ1) is 16.5. The molecule has 0 saturated heterocycles. The van der Waals surface area contributed by atoms with E-state index in [1.54, 1.807) is 19.1 Å². The van der Waals surface area contributed by atoms with Crippen LogP contribution in [0.4, 0.5) is 0 Å². The molecule has 0 spiro atoms. The van der Waals surface area contributed by atoms with Gasteiger partial charge in [-0.2, -0.15) is 0 Å². The second-order valence-corrected chi connectivity index (χ2v) is 5.54. The first-order chi connectivity index (χ1) is 10.6. The fraction of sp³-hybridized carbons (Fsp3) is 0.278. The van der Waals surface area contributed by atoms with Gasteiger partial charge in [-0.15, -0.1) is 0 Å². The highest BCUT2D eigenvalue weighted by Gasteiger charge is 2.08. The monoisotopic (exact) mass is 318 g/mol. The van der Waals surface area contributed by atoms with Gasteiger partial charge in [-0.1, -0.05) is 41.9 Å². The van der Waals surface area contributed by atoms with E-state index in [2.05, 4.69) is 0 Å². The van der Waals surface area contributed by atoms with Gasteiger partial charge in [-0.25, -0.2) is 4.79 Å². The van der Waals surface area contributed by atoms with Gasteiger partial charge in [0.25, 0.3) is 0 Å². The maximum Gasteiger partial charge on any atom is 0.338 e. The molecule has 0 unspecified atom stereocenters. The second kappa shape index (κ2) is 7.97. The number of ether oxygens (including phenoxy) is 1. The van der Waals surface area contributed by atoms with Crippen LogP contribution in [0.25, 0.3) is 0 Å². The van der Waals surface area contributed by atoms with Crippen molar-refractivity contribution < 1.29 is 14.6 Å². The molecule has 0 aromatic heterocycles. The Hall–Kier alpha value is -1.84. The SMILES string of the molecule is C[C@H](O)c1ccc(CCCOC(=O)c2ccccc2)cc1Cl. The lowest BCUT2D eigenvalue weighted by atomic mass is 10.0. The Kier molecular flexibility index (Phi) is 5.99. The Morgan fingerprint density at radius 2 is 1.95 bits per heavy atom. The van der Waals surface area contributed by atoms with Crippen LogP contribution in [-0.2, 0) is 11.2 Å². The molecule has 22 heavy (non-hydrogen) atoms. The average molecular weight is 319 g/mol. The highest BCUT2D eigenvalue weighted by molar-refractivity contribution is 6.31. The number of carbonyl (C=O) groups excluding carboxylic acids is 1. The summed E-state index contributed by atoms with van der Waals surface area (Å²) < 4.78 is 5.23. The van der Waals surface area contributed by atoms with Gasteiger partial charge in [-0.3, -0.25) is 0 Å². The van der Waals surface area contributed by atoms with Crippen LogP contribution in [0.1, 0.15) is 40.9 Å². The Balaban J connectivity index is 1.79. The maximum atomic E-state index is 11.8. The highest BCUT2D eigenvalue weighted by atomic mass is 35.5. The topological polar surface area (TPSA) is 46.5 Å². The van der Waals surface area contributed by atoms with E-state index in [9.17, 15) is 9.90 Å². The van der Waals surface area contributed by atoms with E-state index in [1.807, 2.05) is 36.4 Å². The van der Waals surface area contributed by atoms with Crippen molar-refractivity contribution >= 4 is 17.6 Å². The first-order valence-corrected chi connectivity index (χ1v) is 7.64. The minimum Gasteiger partial charge on any atom is -0.462 e. The number of halogens is 1. The molecule has 3 nitrogen and oxygen atoms in total. The summed E-state index contributed by atoms with van der Waals surface area (Å²) in [5, 5.41) is 10.1. The smallest absolute Gasteiger partial charge is 0.338 e. The van der Waals surface area contributed by atoms with Crippen molar-refractivity contribution in [2.24, 2.45) is 0 Å². The third kappa shape index (κ3) is 4.58. The molecule has 0 bridgehead atoms. The van der Waals surface area contributed by atoms with Gasteiger partial charge < -0.3 is 9.84 Å². The van der Waals surface area contributed by atoms with Crippen LogP contribution in [0.2, 0.25) is 5.02 Å². The lowest BCUT2D eigenvalue weighted by Gasteiger charge is -2.09. The average Bonchev–Trinajstić information content (AvgIpc) is 2.52. The van der Waals surface area contributed by atoms with Gasteiger partial charge in [0.15, 0.2) is 0 Å². The zero-order valence-electron chi connectivity index (χ0n) is 12.5. The standard InChI is InChI=1S/C18H19ClO3/c1-13(20)16-10-9-14(12-17(16)19)6-5-11-22-18(21)15-7-3-2-4-8-15/h2-4,7-10,12-13,20H,5-6,11H2,1H3/t13-/m0/s1. The van der Waals surface area contributed by atoms with Crippen molar-refractivity contribution in [1.29, 1.82) is 0 Å². The number of aryl methyl sites for hydroxylation is 1. The van der Waals surface area contributed by atoms with Crippen LogP contribution >= 0.6 is 11.6 Å². The predicted octanol–water partition coefficient (Wildman–Crippen LogP) is 4.18. The number of hydrogen-bond acceptors (Lipinski definition) is 3. The fourth-order valence-corrected chi connectivity index (χ4v) is 2.52. The molecule has 1 atom stereocenters. The maximum absolute atomic E-state index is 11.8. The van der Waals surface area contributed by atoms with Crippen molar-refractivity contribution in [2.45, 2.75) is 25.9 Å². The number of carbonyl (C=O) groups is 1. The molecule has 2 aromatic rings. The lowest BCUT2D eigenvalue weighted by molar-refractivity contribution is 0.0500. The molecule has 0 radical (unpaired) electrons. The summed E-state index contributed by atoms with van der Waals surface area (Å²) in [5.74, 6) is -0.303. The van der Waals surface area contributed by atoms with Crippen LogP contribution < -0.4 is 0 Å². The predicted molar refractivity (Wildman–Crippen MR) is 87.1 cm³/mol. The molecular formula is C18H19ClO3. The van der Waals surface area contributed by atoms with E-state index in [1.165, 1.54) is 0 Å². The quantitative estimate of drug-likeness (QED) is 0.642. The summed E-state index contributed by atoms with van der Waals surface area (Å²) in [4.78, 5) is 11.8. The molecular weight excluding hydrogens is 300 g/mol. The molecule has 0 saturated carbocycles. The number of benzene rings is 2. The van der Waals surface area contributed by atoms with E-state index >= 15 is 0 Å². The molecule has 0 amide bonds. The lowest BCUT2D eigenvalue weighted by Crippen LogP contribution is -2.07. The minimum atomic E-state index is -0.576. The largest absolute Gasteiger partial charge is 0.462 e. The summed E-state index contributed by atoms with van der Waals surface area (Å²) in [5.41, 5.74) is 2.35. The van der Waals surface area contributed by atoms with Gasteiger partial charge in [-0.05, 0) is 49.1 Å². The van der Waals surface area contributed by atoms with Crippen molar-refractivity contribution in [3.8, 4) is 0 Å². The Morgan fingerprint density at radius 1 is 1.23 bits per heavy atom. The number of rotatable bonds is 6. The number of aliphatic hydroxyl groups is 1. The van der Waals surface area contributed by atoms with Gasteiger partial charge >= 0.3 is 5.97 Å². The van der Waals surface area contributed by atoms with E-state index < -0.39 is 6.10 Å². The van der Waals surface area contributed by atoms with Crippen molar-refractivity contribution in [3.05, 3.63) is 70.2 Å². The summed E-state index contributed by atoms with van der Waals surface area (Å²) in [6.45, 7) is 2.05. The third-order valence-electron chi connectivity index (χ3n) is 3.37. The van der Waals surface area contributed by atoms with Gasteiger partial charge in [0.1, 0.15) is 0 Å². The molecule has 2 rings (SSSR count). The van der Waals surface area contributed by atoms with Crippen LogP contribution in [-0.4, -0.2) is 17.7 Å².